The Morgan fingerprint density at radius 3 is 2.66 bits per heavy atom. The van der Waals surface area contributed by atoms with Gasteiger partial charge in [-0.05, 0) is 36.2 Å². The van der Waals surface area contributed by atoms with E-state index in [2.05, 4.69) is 15.6 Å². The molecule has 3 aliphatic rings. The van der Waals surface area contributed by atoms with Gasteiger partial charge in [0.2, 0.25) is 17.7 Å². The number of para-hydroxylation sites is 2. The number of rotatable bonds is 4. The zero-order chi connectivity index (χ0) is 26.2. The molecule has 38 heavy (non-hydrogen) atoms. The van der Waals surface area contributed by atoms with E-state index >= 15 is 0 Å². The van der Waals surface area contributed by atoms with Gasteiger partial charge in [0, 0.05) is 34.8 Å². The summed E-state index contributed by atoms with van der Waals surface area (Å²) in [7, 11) is 1.53. The van der Waals surface area contributed by atoms with Gasteiger partial charge in [-0.2, -0.15) is 0 Å². The number of fused-ring (bicyclic) bond motifs is 5. The molecule has 3 aliphatic heterocycles. The molecule has 0 aliphatic carbocycles. The number of imide groups is 1. The van der Waals surface area contributed by atoms with Gasteiger partial charge in [-0.1, -0.05) is 48.0 Å². The van der Waals surface area contributed by atoms with Gasteiger partial charge < -0.3 is 15.0 Å². The Balaban J connectivity index is 1.38. The van der Waals surface area contributed by atoms with Gasteiger partial charge in [-0.25, -0.2) is 4.90 Å². The lowest BCUT2D eigenvalue weighted by Gasteiger charge is -2.29. The van der Waals surface area contributed by atoms with E-state index in [9.17, 15) is 14.4 Å². The molecule has 0 bridgehead atoms. The summed E-state index contributed by atoms with van der Waals surface area (Å²) in [5, 5.41) is 7.79. The standard InChI is InChI=1S/C29H23ClN4O4/c1-38-17-7-4-6-16(13-17)34-26(35)23-22(12-15-14-31-21-11-3-2-8-18(15)21)33-29(24(23)27(34)36)19-9-5-10-20(30)25(19)32-28(29)37/h2-11,13-14,22-24,31,33H,12H2,1H3,(H,32,37)/t22-,23+,24-,29+/m0/s1. The van der Waals surface area contributed by atoms with E-state index < -0.39 is 29.3 Å². The summed E-state index contributed by atoms with van der Waals surface area (Å²) in [6, 6.07) is 19.5. The molecule has 4 heterocycles. The lowest BCUT2D eigenvalue weighted by Crippen LogP contribution is -2.53. The van der Waals surface area contributed by atoms with Crippen molar-refractivity contribution in [3.05, 3.63) is 89.1 Å². The molecule has 4 aromatic rings. The maximum atomic E-state index is 14.2. The fourth-order valence-corrected chi connectivity index (χ4v) is 6.73. The van der Waals surface area contributed by atoms with E-state index in [0.29, 0.717) is 34.1 Å². The first-order valence-electron chi connectivity index (χ1n) is 12.4. The molecule has 3 amide bonds. The summed E-state index contributed by atoms with van der Waals surface area (Å²) in [4.78, 5) is 46.5. The fraction of sp³-hybridized carbons (Fsp3) is 0.207. The Labute approximate surface area is 222 Å². The molecule has 9 heteroatoms. The second-order valence-corrected chi connectivity index (χ2v) is 10.4. The van der Waals surface area contributed by atoms with Gasteiger partial charge in [0.25, 0.3) is 0 Å². The number of aromatic nitrogens is 1. The first-order chi connectivity index (χ1) is 18.4. The summed E-state index contributed by atoms with van der Waals surface area (Å²) >= 11 is 6.46. The normalized spacial score (nSPS) is 25.8. The van der Waals surface area contributed by atoms with Gasteiger partial charge in [0.15, 0.2) is 0 Å². The third-order valence-corrected chi connectivity index (χ3v) is 8.44. The maximum Gasteiger partial charge on any atom is 0.250 e. The van der Waals surface area contributed by atoms with Crippen molar-refractivity contribution in [2.45, 2.75) is 18.0 Å². The molecule has 190 valence electrons. The molecule has 0 saturated carbocycles. The highest BCUT2D eigenvalue weighted by Gasteiger charge is 2.70. The van der Waals surface area contributed by atoms with Crippen LogP contribution in [-0.2, 0) is 26.3 Å². The van der Waals surface area contributed by atoms with E-state index in [1.165, 1.54) is 12.0 Å². The van der Waals surface area contributed by atoms with Crippen LogP contribution in [0.1, 0.15) is 11.1 Å². The van der Waals surface area contributed by atoms with Gasteiger partial charge in [0.1, 0.15) is 11.3 Å². The van der Waals surface area contributed by atoms with Crippen LogP contribution < -0.4 is 20.3 Å². The summed E-state index contributed by atoms with van der Waals surface area (Å²) in [6.45, 7) is 0. The van der Waals surface area contributed by atoms with Crippen LogP contribution in [0.3, 0.4) is 0 Å². The average Bonchev–Trinajstić information content (AvgIpc) is 3.64. The number of carbonyl (C=O) groups is 3. The van der Waals surface area contributed by atoms with Crippen molar-refractivity contribution in [2.24, 2.45) is 11.8 Å². The number of nitrogens with zero attached hydrogens (tertiary/aromatic N) is 1. The summed E-state index contributed by atoms with van der Waals surface area (Å²) in [5.74, 6) is -2.34. The molecule has 8 nitrogen and oxygen atoms in total. The zero-order valence-corrected chi connectivity index (χ0v) is 21.1. The van der Waals surface area contributed by atoms with E-state index in [-0.39, 0.29) is 11.8 Å². The number of ether oxygens (including phenoxy) is 1. The maximum absolute atomic E-state index is 14.2. The van der Waals surface area contributed by atoms with Crippen molar-refractivity contribution in [2.75, 3.05) is 17.3 Å². The number of halogens is 1. The molecule has 2 fully saturated rings. The third kappa shape index (κ3) is 2.98. The van der Waals surface area contributed by atoms with Gasteiger partial charge >= 0.3 is 0 Å². The first kappa shape index (κ1) is 23.0. The number of H-pyrrole nitrogens is 1. The molecule has 0 radical (unpaired) electrons. The smallest absolute Gasteiger partial charge is 0.250 e. The number of hydrogen-bond donors (Lipinski definition) is 3. The minimum Gasteiger partial charge on any atom is -0.497 e. The summed E-state index contributed by atoms with van der Waals surface area (Å²) in [5.41, 5.74) is 2.02. The van der Waals surface area contributed by atoms with Crippen LogP contribution in [0.2, 0.25) is 5.02 Å². The minimum atomic E-state index is -1.43. The molecule has 2 saturated heterocycles. The number of carbonyl (C=O) groups excluding carboxylic acids is 3. The number of aromatic amines is 1. The number of hydrogen-bond acceptors (Lipinski definition) is 5. The Morgan fingerprint density at radius 2 is 1.82 bits per heavy atom. The summed E-state index contributed by atoms with van der Waals surface area (Å²) in [6.07, 6.45) is 2.37. The van der Waals surface area contributed by atoms with Crippen molar-refractivity contribution in [3.63, 3.8) is 0 Å². The molecular formula is C29H23ClN4O4. The highest BCUT2D eigenvalue weighted by molar-refractivity contribution is 6.35. The third-order valence-electron chi connectivity index (χ3n) is 8.13. The molecule has 0 unspecified atom stereocenters. The van der Waals surface area contributed by atoms with Gasteiger partial charge in [-0.15, -0.1) is 0 Å². The predicted molar refractivity (Wildman–Crippen MR) is 143 cm³/mol. The number of amides is 3. The Hall–Kier alpha value is -4.14. The van der Waals surface area contributed by atoms with Crippen molar-refractivity contribution in [1.82, 2.24) is 10.3 Å². The van der Waals surface area contributed by atoms with E-state index in [4.69, 9.17) is 16.3 Å². The largest absolute Gasteiger partial charge is 0.497 e. The predicted octanol–water partition coefficient (Wildman–Crippen LogP) is 4.00. The van der Waals surface area contributed by atoms with E-state index in [1.54, 1.807) is 42.5 Å². The Kier molecular flexibility index (Phi) is 4.95. The van der Waals surface area contributed by atoms with Crippen molar-refractivity contribution in [3.8, 4) is 5.75 Å². The topological polar surface area (TPSA) is 104 Å². The number of methoxy groups -OCH3 is 1. The lowest BCUT2D eigenvalue weighted by atomic mass is 9.76. The number of anilines is 2. The molecule has 7 rings (SSSR count). The molecule has 3 aromatic carbocycles. The molecule has 4 atom stereocenters. The SMILES string of the molecule is COc1cccc(N2C(=O)[C@@H]3[C@H](Cc4c[nH]c5ccccc45)N[C@@]4(C(=O)Nc5c(Cl)cccc54)[C@@H]3C2=O)c1. The highest BCUT2D eigenvalue weighted by Crippen LogP contribution is 2.55. The fourth-order valence-electron chi connectivity index (χ4n) is 6.51. The first-order valence-corrected chi connectivity index (χ1v) is 12.8. The second-order valence-electron chi connectivity index (χ2n) is 9.96. The lowest BCUT2D eigenvalue weighted by molar-refractivity contribution is -0.130. The average molecular weight is 527 g/mol. The molecule has 1 aromatic heterocycles. The molecular weight excluding hydrogens is 504 g/mol. The number of nitrogens with one attached hydrogen (secondary N) is 3. The quantitative estimate of drug-likeness (QED) is 0.349. The van der Waals surface area contributed by atoms with Crippen LogP contribution in [-0.4, -0.2) is 35.9 Å². The zero-order valence-electron chi connectivity index (χ0n) is 20.3. The number of benzene rings is 3. The van der Waals surface area contributed by atoms with Crippen LogP contribution in [0.5, 0.6) is 5.75 Å². The van der Waals surface area contributed by atoms with E-state index in [1.807, 2.05) is 30.5 Å². The molecule has 3 N–H and O–H groups in total. The van der Waals surface area contributed by atoms with Crippen molar-refractivity contribution >= 4 is 51.6 Å². The highest BCUT2D eigenvalue weighted by atomic mass is 35.5. The van der Waals surface area contributed by atoms with Crippen LogP contribution in [0, 0.1) is 11.8 Å². The van der Waals surface area contributed by atoms with Gasteiger partial charge in [-0.3, -0.25) is 19.7 Å². The minimum absolute atomic E-state index is 0.342. The molecule has 1 spiro atoms. The van der Waals surface area contributed by atoms with Crippen LogP contribution >= 0.6 is 11.6 Å². The van der Waals surface area contributed by atoms with Crippen LogP contribution in [0.4, 0.5) is 11.4 Å². The van der Waals surface area contributed by atoms with Crippen molar-refractivity contribution < 1.29 is 19.1 Å². The van der Waals surface area contributed by atoms with E-state index in [0.717, 1.165) is 16.5 Å². The Bertz CT molecular complexity index is 1670. The Morgan fingerprint density at radius 1 is 1.00 bits per heavy atom. The summed E-state index contributed by atoms with van der Waals surface area (Å²) < 4.78 is 5.34. The van der Waals surface area contributed by atoms with Crippen molar-refractivity contribution in [1.29, 1.82) is 0 Å². The van der Waals surface area contributed by atoms with Crippen LogP contribution in [0.25, 0.3) is 10.9 Å². The monoisotopic (exact) mass is 526 g/mol. The van der Waals surface area contributed by atoms with Gasteiger partial charge in [0.05, 0.1) is 35.3 Å². The van der Waals surface area contributed by atoms with Crippen LogP contribution in [0.15, 0.2) is 72.9 Å². The second kappa shape index (κ2) is 8.18.